The lowest BCUT2D eigenvalue weighted by Crippen LogP contribution is -2.41. The number of thiazole rings is 1. The third kappa shape index (κ3) is 3.59. The van der Waals surface area contributed by atoms with Gasteiger partial charge in [-0.05, 0) is 12.8 Å². The van der Waals surface area contributed by atoms with Crippen LogP contribution in [0.2, 0.25) is 0 Å². The summed E-state index contributed by atoms with van der Waals surface area (Å²) in [5, 5.41) is 10.7. The van der Waals surface area contributed by atoms with Crippen LogP contribution in [0.3, 0.4) is 0 Å². The quantitative estimate of drug-likeness (QED) is 0.931. The second-order valence-electron chi connectivity index (χ2n) is 4.52. The maximum Gasteiger partial charge on any atom is 0.393 e. The van der Waals surface area contributed by atoms with E-state index in [1.165, 1.54) is 11.3 Å². The molecule has 1 atom stereocenters. The Balaban J connectivity index is 2.05. The van der Waals surface area contributed by atoms with Gasteiger partial charge in [0.15, 0.2) is 5.13 Å². The molecule has 0 aliphatic carbocycles. The van der Waals surface area contributed by atoms with E-state index in [2.05, 4.69) is 4.98 Å². The Labute approximate surface area is 111 Å². The number of halogens is 3. The number of aromatic nitrogens is 1. The van der Waals surface area contributed by atoms with Crippen molar-refractivity contribution >= 4 is 22.4 Å². The molecule has 0 radical (unpaired) electrons. The number of hydrogen-bond donors (Lipinski definition) is 1. The fourth-order valence-electron chi connectivity index (χ4n) is 2.10. The van der Waals surface area contributed by atoms with Gasteiger partial charge in [0.2, 0.25) is 0 Å². The van der Waals surface area contributed by atoms with Crippen LogP contribution >= 0.6 is 11.3 Å². The average Bonchev–Trinajstić information content (AvgIpc) is 2.76. The van der Waals surface area contributed by atoms with E-state index in [0.29, 0.717) is 23.8 Å². The van der Waals surface area contributed by atoms with Crippen molar-refractivity contribution < 1.29 is 23.1 Å². The molecule has 0 amide bonds. The number of carboxylic acid groups (broad SMARTS) is 1. The molecular weight excluding hydrogens is 281 g/mol. The van der Waals surface area contributed by atoms with E-state index in [9.17, 15) is 18.0 Å². The first kappa shape index (κ1) is 14.1. The van der Waals surface area contributed by atoms with Crippen molar-refractivity contribution in [2.45, 2.75) is 25.4 Å². The van der Waals surface area contributed by atoms with Gasteiger partial charge in [-0.1, -0.05) is 0 Å². The number of nitrogens with zero attached hydrogens (tertiary/aromatic N) is 2. The average molecular weight is 294 g/mol. The van der Waals surface area contributed by atoms with Crippen LogP contribution in [-0.4, -0.2) is 35.3 Å². The normalized spacial score (nSPS) is 20.6. The van der Waals surface area contributed by atoms with Gasteiger partial charge < -0.3 is 10.0 Å². The molecule has 0 aromatic carbocycles. The molecule has 1 aliphatic heterocycles. The third-order valence-electron chi connectivity index (χ3n) is 3.03. The molecular formula is C11H13F3N2O2S. The van der Waals surface area contributed by atoms with Gasteiger partial charge in [0.1, 0.15) is 0 Å². The molecule has 4 nitrogen and oxygen atoms in total. The third-order valence-corrected chi connectivity index (χ3v) is 3.98. The fraction of sp³-hybridized carbons (Fsp3) is 0.636. The molecule has 1 N–H and O–H groups in total. The highest BCUT2D eigenvalue weighted by molar-refractivity contribution is 7.13. The number of aliphatic carboxylic acids is 1. The van der Waals surface area contributed by atoms with Crippen LogP contribution < -0.4 is 4.90 Å². The van der Waals surface area contributed by atoms with Crippen molar-refractivity contribution in [2.24, 2.45) is 5.92 Å². The molecule has 0 bridgehead atoms. The van der Waals surface area contributed by atoms with E-state index in [4.69, 9.17) is 5.11 Å². The number of carboxylic acids is 1. The summed E-state index contributed by atoms with van der Waals surface area (Å²) in [6.07, 6.45) is -3.77. The number of alkyl halides is 3. The summed E-state index contributed by atoms with van der Waals surface area (Å²) in [6.45, 7) is 0.441. The molecule has 0 spiro atoms. The first-order valence-corrected chi connectivity index (χ1v) is 6.72. The van der Waals surface area contributed by atoms with Crippen LogP contribution in [-0.2, 0) is 11.2 Å². The first-order valence-electron chi connectivity index (χ1n) is 5.84. The predicted octanol–water partition coefficient (Wildman–Crippen LogP) is 2.55. The van der Waals surface area contributed by atoms with Crippen molar-refractivity contribution in [1.29, 1.82) is 0 Å². The highest BCUT2D eigenvalue weighted by Gasteiger charge is 2.42. The minimum absolute atomic E-state index is 0.0937. The highest BCUT2D eigenvalue weighted by atomic mass is 32.1. The van der Waals surface area contributed by atoms with Gasteiger partial charge in [0.05, 0.1) is 18.0 Å². The van der Waals surface area contributed by atoms with E-state index >= 15 is 0 Å². The summed E-state index contributed by atoms with van der Waals surface area (Å²) in [4.78, 5) is 16.2. The Hall–Kier alpha value is -1.31. The zero-order valence-corrected chi connectivity index (χ0v) is 10.8. The lowest BCUT2D eigenvalue weighted by Gasteiger charge is -2.33. The van der Waals surface area contributed by atoms with Crippen molar-refractivity contribution in [3.8, 4) is 0 Å². The van der Waals surface area contributed by atoms with Crippen LogP contribution in [0.15, 0.2) is 5.38 Å². The lowest BCUT2D eigenvalue weighted by atomic mass is 9.98. The zero-order chi connectivity index (χ0) is 14.0. The van der Waals surface area contributed by atoms with Gasteiger partial charge >= 0.3 is 12.1 Å². The molecule has 0 saturated carbocycles. The van der Waals surface area contributed by atoms with Crippen molar-refractivity contribution in [3.63, 3.8) is 0 Å². The van der Waals surface area contributed by atoms with Crippen LogP contribution in [0, 0.1) is 5.92 Å². The number of piperidine rings is 1. The van der Waals surface area contributed by atoms with E-state index < -0.39 is 18.1 Å². The van der Waals surface area contributed by atoms with Crippen molar-refractivity contribution in [2.75, 3.05) is 18.0 Å². The maximum atomic E-state index is 12.7. The minimum atomic E-state index is -4.18. The Bertz CT molecular complexity index is 461. The summed E-state index contributed by atoms with van der Waals surface area (Å²) < 4.78 is 38.1. The smallest absolute Gasteiger partial charge is 0.393 e. The molecule has 2 rings (SSSR count). The van der Waals surface area contributed by atoms with Gasteiger partial charge in [0.25, 0.3) is 0 Å². The second-order valence-corrected chi connectivity index (χ2v) is 5.36. The molecule has 2 heterocycles. The lowest BCUT2D eigenvalue weighted by molar-refractivity contribution is -0.176. The fourth-order valence-corrected chi connectivity index (χ4v) is 2.96. The van der Waals surface area contributed by atoms with Gasteiger partial charge in [-0.15, -0.1) is 11.3 Å². The molecule has 1 aromatic rings. The van der Waals surface area contributed by atoms with E-state index in [1.54, 1.807) is 10.3 Å². The van der Waals surface area contributed by atoms with Gasteiger partial charge in [-0.3, -0.25) is 4.79 Å². The molecule has 1 fully saturated rings. The molecule has 19 heavy (non-hydrogen) atoms. The number of anilines is 1. The maximum absolute atomic E-state index is 12.7. The van der Waals surface area contributed by atoms with Crippen LogP contribution in [0.4, 0.5) is 18.3 Å². The standard InChI is InChI=1S/C11H13F3N2O2S/c12-11(13,14)7-2-1-3-16(5-7)10-15-8(6-19-10)4-9(17)18/h6-7H,1-5H2,(H,17,18). The Morgan fingerprint density at radius 3 is 2.95 bits per heavy atom. The number of hydrogen-bond acceptors (Lipinski definition) is 4. The zero-order valence-electron chi connectivity index (χ0n) is 9.98. The van der Waals surface area contributed by atoms with Gasteiger partial charge in [-0.25, -0.2) is 4.98 Å². The summed E-state index contributed by atoms with van der Waals surface area (Å²) in [5.74, 6) is -2.32. The molecule has 1 saturated heterocycles. The largest absolute Gasteiger partial charge is 0.481 e. The van der Waals surface area contributed by atoms with Gasteiger partial charge in [0, 0.05) is 18.5 Å². The van der Waals surface area contributed by atoms with Crippen molar-refractivity contribution in [3.05, 3.63) is 11.1 Å². The minimum Gasteiger partial charge on any atom is -0.481 e. The Morgan fingerprint density at radius 2 is 2.32 bits per heavy atom. The van der Waals surface area contributed by atoms with Gasteiger partial charge in [-0.2, -0.15) is 13.2 Å². The SMILES string of the molecule is O=C(O)Cc1csc(N2CCCC(C(F)(F)F)C2)n1. The highest BCUT2D eigenvalue weighted by Crippen LogP contribution is 2.35. The second kappa shape index (κ2) is 5.36. The summed E-state index contributed by atoms with van der Waals surface area (Å²) in [7, 11) is 0. The van der Waals surface area contributed by atoms with E-state index in [1.807, 2.05) is 0 Å². The topological polar surface area (TPSA) is 53.4 Å². The van der Waals surface area contributed by atoms with Crippen LogP contribution in [0.5, 0.6) is 0 Å². The molecule has 1 aromatic heterocycles. The number of carbonyl (C=O) groups is 1. The number of rotatable bonds is 3. The van der Waals surface area contributed by atoms with Crippen molar-refractivity contribution in [1.82, 2.24) is 4.98 Å². The molecule has 1 aliphatic rings. The van der Waals surface area contributed by atoms with E-state index in [0.717, 1.165) is 0 Å². The first-order chi connectivity index (χ1) is 8.86. The van der Waals surface area contributed by atoms with Crippen LogP contribution in [0.25, 0.3) is 0 Å². The summed E-state index contributed by atoms with van der Waals surface area (Å²) in [6, 6.07) is 0. The Kier molecular flexibility index (Phi) is 3.98. The monoisotopic (exact) mass is 294 g/mol. The van der Waals surface area contributed by atoms with Crippen LogP contribution in [0.1, 0.15) is 18.5 Å². The predicted molar refractivity (Wildman–Crippen MR) is 64.4 cm³/mol. The van der Waals surface area contributed by atoms with E-state index in [-0.39, 0.29) is 19.4 Å². The Morgan fingerprint density at radius 1 is 1.58 bits per heavy atom. The molecule has 8 heteroatoms. The summed E-state index contributed by atoms with van der Waals surface area (Å²) in [5.41, 5.74) is 0.390. The molecule has 106 valence electrons. The molecule has 1 unspecified atom stereocenters. The summed E-state index contributed by atoms with van der Waals surface area (Å²) >= 11 is 1.19.